The summed E-state index contributed by atoms with van der Waals surface area (Å²) in [5, 5.41) is 0. The summed E-state index contributed by atoms with van der Waals surface area (Å²) < 4.78 is 0. The number of aryl methyl sites for hydroxylation is 3. The minimum absolute atomic E-state index is 0.598. The third kappa shape index (κ3) is 1.95. The molecule has 0 N–H and O–H groups in total. The zero-order chi connectivity index (χ0) is 12.7. The molecule has 19 heavy (non-hydrogen) atoms. The molecular weight excluding hydrogens is 232 g/mol. The summed E-state index contributed by atoms with van der Waals surface area (Å²) in [4.78, 5) is 9.16. The van der Waals surface area contributed by atoms with Crippen molar-refractivity contribution < 1.29 is 0 Å². The molecule has 0 saturated heterocycles. The summed E-state index contributed by atoms with van der Waals surface area (Å²) in [5.74, 6) is 0.598. The molecule has 1 unspecified atom stereocenters. The summed E-state index contributed by atoms with van der Waals surface area (Å²) in [6, 6.07) is 6.75. The molecule has 2 heterocycles. The van der Waals surface area contributed by atoms with E-state index in [-0.39, 0.29) is 0 Å². The zero-order valence-electron chi connectivity index (χ0n) is 11.1. The van der Waals surface area contributed by atoms with E-state index in [0.717, 1.165) is 12.8 Å². The standard InChI is InChI=1S/C17H18N2/c1-2-12-6-7-17(19-16(12)3-1)14-4-5-15-11-18-9-8-13(15)10-14/h6-9,11,14H,1-5,10H2. The summed E-state index contributed by atoms with van der Waals surface area (Å²) in [6.07, 6.45) is 11.1. The third-order valence-electron chi connectivity index (χ3n) is 4.60. The second-order valence-corrected chi connectivity index (χ2v) is 5.78. The van der Waals surface area contributed by atoms with Crippen LogP contribution in [-0.4, -0.2) is 9.97 Å². The van der Waals surface area contributed by atoms with Gasteiger partial charge in [-0.2, -0.15) is 0 Å². The number of hydrogen-bond acceptors (Lipinski definition) is 2. The monoisotopic (exact) mass is 250 g/mol. The lowest BCUT2D eigenvalue weighted by molar-refractivity contribution is 0.567. The average Bonchev–Trinajstić information content (AvgIpc) is 2.94. The van der Waals surface area contributed by atoms with Crippen LogP contribution in [0.15, 0.2) is 30.6 Å². The van der Waals surface area contributed by atoms with Crippen molar-refractivity contribution in [1.82, 2.24) is 9.97 Å². The maximum Gasteiger partial charge on any atom is 0.0441 e. The zero-order valence-corrected chi connectivity index (χ0v) is 11.1. The Morgan fingerprint density at radius 3 is 2.95 bits per heavy atom. The van der Waals surface area contributed by atoms with Gasteiger partial charge in [-0.05, 0) is 67.3 Å². The van der Waals surface area contributed by atoms with Gasteiger partial charge in [-0.1, -0.05) is 6.07 Å². The first-order valence-electron chi connectivity index (χ1n) is 7.30. The van der Waals surface area contributed by atoms with Crippen LogP contribution in [0.2, 0.25) is 0 Å². The largest absolute Gasteiger partial charge is 0.264 e. The maximum absolute atomic E-state index is 4.93. The minimum Gasteiger partial charge on any atom is -0.264 e. The molecule has 0 fully saturated rings. The summed E-state index contributed by atoms with van der Waals surface area (Å²) in [6.45, 7) is 0. The fraction of sp³-hybridized carbons (Fsp3) is 0.412. The van der Waals surface area contributed by atoms with E-state index in [1.807, 2.05) is 12.4 Å². The molecule has 0 aromatic carbocycles. The Morgan fingerprint density at radius 1 is 0.947 bits per heavy atom. The quantitative estimate of drug-likeness (QED) is 0.776. The lowest BCUT2D eigenvalue weighted by atomic mass is 9.83. The highest BCUT2D eigenvalue weighted by molar-refractivity contribution is 5.32. The van der Waals surface area contributed by atoms with Gasteiger partial charge in [-0.25, -0.2) is 0 Å². The first kappa shape index (κ1) is 11.2. The van der Waals surface area contributed by atoms with Gasteiger partial charge in [0.15, 0.2) is 0 Å². The van der Waals surface area contributed by atoms with Crippen molar-refractivity contribution in [3.8, 4) is 0 Å². The maximum atomic E-state index is 4.93. The number of pyridine rings is 2. The van der Waals surface area contributed by atoms with Gasteiger partial charge >= 0.3 is 0 Å². The molecule has 0 radical (unpaired) electrons. The molecule has 96 valence electrons. The Kier molecular flexibility index (Phi) is 2.61. The van der Waals surface area contributed by atoms with Crippen LogP contribution in [0, 0.1) is 0 Å². The van der Waals surface area contributed by atoms with Crippen LogP contribution in [0.1, 0.15) is 46.8 Å². The topological polar surface area (TPSA) is 25.8 Å². The molecule has 0 spiro atoms. The van der Waals surface area contributed by atoms with Gasteiger partial charge in [0.1, 0.15) is 0 Å². The summed E-state index contributed by atoms with van der Waals surface area (Å²) in [7, 11) is 0. The number of rotatable bonds is 1. The van der Waals surface area contributed by atoms with Gasteiger partial charge in [-0.3, -0.25) is 9.97 Å². The SMILES string of the molecule is c1cc2c(cn1)CCC(c1ccc3c(n1)CCC3)C2. The second kappa shape index (κ2) is 4.44. The van der Waals surface area contributed by atoms with Crippen molar-refractivity contribution in [2.24, 2.45) is 0 Å². The van der Waals surface area contributed by atoms with Crippen molar-refractivity contribution in [2.75, 3.05) is 0 Å². The van der Waals surface area contributed by atoms with E-state index in [1.54, 1.807) is 0 Å². The van der Waals surface area contributed by atoms with E-state index in [4.69, 9.17) is 4.98 Å². The predicted molar refractivity (Wildman–Crippen MR) is 75.3 cm³/mol. The van der Waals surface area contributed by atoms with Crippen LogP contribution >= 0.6 is 0 Å². The fourth-order valence-corrected chi connectivity index (χ4v) is 3.49. The third-order valence-corrected chi connectivity index (χ3v) is 4.60. The number of hydrogen-bond donors (Lipinski definition) is 0. The van der Waals surface area contributed by atoms with Crippen LogP contribution in [0.3, 0.4) is 0 Å². The number of nitrogens with zero attached hydrogens (tertiary/aromatic N) is 2. The molecule has 4 rings (SSSR count). The first-order valence-corrected chi connectivity index (χ1v) is 7.30. The van der Waals surface area contributed by atoms with E-state index < -0.39 is 0 Å². The molecule has 2 nitrogen and oxygen atoms in total. The molecule has 2 heteroatoms. The van der Waals surface area contributed by atoms with E-state index in [0.29, 0.717) is 5.92 Å². The number of aromatic nitrogens is 2. The van der Waals surface area contributed by atoms with Crippen molar-refractivity contribution in [3.05, 3.63) is 58.7 Å². The Morgan fingerprint density at radius 2 is 1.95 bits per heavy atom. The van der Waals surface area contributed by atoms with Crippen LogP contribution in [0.5, 0.6) is 0 Å². The van der Waals surface area contributed by atoms with Gasteiger partial charge in [0, 0.05) is 29.7 Å². The van der Waals surface area contributed by atoms with E-state index in [2.05, 4.69) is 23.2 Å². The highest BCUT2D eigenvalue weighted by Gasteiger charge is 2.22. The molecule has 2 aromatic heterocycles. The van der Waals surface area contributed by atoms with Gasteiger partial charge in [0.05, 0.1) is 0 Å². The van der Waals surface area contributed by atoms with Crippen molar-refractivity contribution in [2.45, 2.75) is 44.4 Å². The Labute approximate surface area is 113 Å². The molecule has 0 saturated carbocycles. The molecular formula is C17H18N2. The van der Waals surface area contributed by atoms with E-state index in [1.165, 1.54) is 53.8 Å². The molecule has 2 aromatic rings. The molecule has 0 aliphatic heterocycles. The summed E-state index contributed by atoms with van der Waals surface area (Å²) >= 11 is 0. The minimum atomic E-state index is 0.598. The molecule has 1 atom stereocenters. The second-order valence-electron chi connectivity index (χ2n) is 5.78. The average molecular weight is 250 g/mol. The Balaban J connectivity index is 1.64. The van der Waals surface area contributed by atoms with Crippen LogP contribution in [0.4, 0.5) is 0 Å². The highest BCUT2D eigenvalue weighted by Crippen LogP contribution is 2.32. The van der Waals surface area contributed by atoms with Gasteiger partial charge in [0.2, 0.25) is 0 Å². The molecule has 2 aliphatic rings. The van der Waals surface area contributed by atoms with Crippen molar-refractivity contribution in [3.63, 3.8) is 0 Å². The summed E-state index contributed by atoms with van der Waals surface area (Å²) in [5.41, 5.74) is 7.04. The molecule has 2 aliphatic carbocycles. The number of fused-ring (bicyclic) bond motifs is 2. The van der Waals surface area contributed by atoms with Crippen molar-refractivity contribution >= 4 is 0 Å². The smallest absolute Gasteiger partial charge is 0.0441 e. The Hall–Kier alpha value is -1.70. The van der Waals surface area contributed by atoms with Gasteiger partial charge in [0.25, 0.3) is 0 Å². The van der Waals surface area contributed by atoms with Crippen LogP contribution < -0.4 is 0 Å². The van der Waals surface area contributed by atoms with Crippen LogP contribution in [0.25, 0.3) is 0 Å². The fourth-order valence-electron chi connectivity index (χ4n) is 3.49. The highest BCUT2D eigenvalue weighted by atomic mass is 14.7. The van der Waals surface area contributed by atoms with Crippen LogP contribution in [-0.2, 0) is 25.7 Å². The van der Waals surface area contributed by atoms with Gasteiger partial charge < -0.3 is 0 Å². The van der Waals surface area contributed by atoms with E-state index >= 15 is 0 Å². The van der Waals surface area contributed by atoms with E-state index in [9.17, 15) is 0 Å². The molecule has 0 amide bonds. The Bertz CT molecular complexity index is 618. The first-order chi connectivity index (χ1) is 9.40. The lowest BCUT2D eigenvalue weighted by Crippen LogP contribution is -2.14. The molecule has 0 bridgehead atoms. The normalized spacial score (nSPS) is 20.9. The predicted octanol–water partition coefficient (Wildman–Crippen LogP) is 3.24. The van der Waals surface area contributed by atoms with Gasteiger partial charge in [-0.15, -0.1) is 0 Å². The lowest BCUT2D eigenvalue weighted by Gasteiger charge is -2.24. The van der Waals surface area contributed by atoms with Crippen molar-refractivity contribution in [1.29, 1.82) is 0 Å².